The number of carboxylic acid groups (broad SMARTS) is 1. The van der Waals surface area contributed by atoms with Crippen molar-refractivity contribution in [3.8, 4) is 0 Å². The molecule has 0 spiro atoms. The molecule has 0 amide bonds. The van der Waals surface area contributed by atoms with E-state index in [0.717, 1.165) is 5.69 Å². The van der Waals surface area contributed by atoms with Crippen LogP contribution in [0.4, 0.5) is 5.69 Å². The van der Waals surface area contributed by atoms with Gasteiger partial charge in [-0.05, 0) is 23.0 Å². The van der Waals surface area contributed by atoms with Gasteiger partial charge in [0.1, 0.15) is 5.69 Å². The molecular formula is C13H18N2O2. The molecule has 92 valence electrons. The van der Waals surface area contributed by atoms with Gasteiger partial charge in [0.15, 0.2) is 0 Å². The van der Waals surface area contributed by atoms with Crippen molar-refractivity contribution < 1.29 is 9.90 Å². The number of carbonyl (C=O) groups is 1. The van der Waals surface area contributed by atoms with Crippen LogP contribution in [0.1, 0.15) is 38.2 Å². The summed E-state index contributed by atoms with van der Waals surface area (Å²) in [5.74, 6) is -0.997. The average Bonchev–Trinajstić information content (AvgIpc) is 2.62. The van der Waals surface area contributed by atoms with E-state index in [1.165, 1.54) is 6.07 Å². The van der Waals surface area contributed by atoms with Crippen LogP contribution in [-0.4, -0.2) is 22.1 Å². The minimum absolute atomic E-state index is 0.0740. The van der Waals surface area contributed by atoms with Crippen LogP contribution in [0.15, 0.2) is 18.3 Å². The Balaban J connectivity index is 2.09. The van der Waals surface area contributed by atoms with Crippen LogP contribution in [0.2, 0.25) is 0 Å². The first-order chi connectivity index (χ1) is 7.76. The standard InChI is InChI=1S/C13H18N2O2/c1-12(2)11(13(12,3)4)15-8-5-6-9(10(16)17)14-7-8/h5-7,11,15H,1-4H3,(H,16,17). The van der Waals surface area contributed by atoms with Crippen LogP contribution >= 0.6 is 0 Å². The lowest BCUT2D eigenvalue weighted by Gasteiger charge is -2.07. The predicted molar refractivity (Wildman–Crippen MR) is 66.2 cm³/mol. The van der Waals surface area contributed by atoms with E-state index in [1.807, 2.05) is 0 Å². The second kappa shape index (κ2) is 3.45. The molecule has 0 saturated heterocycles. The first kappa shape index (κ1) is 11.9. The Hall–Kier alpha value is -1.58. The normalized spacial score (nSPS) is 20.9. The van der Waals surface area contributed by atoms with Crippen LogP contribution in [0.3, 0.4) is 0 Å². The quantitative estimate of drug-likeness (QED) is 0.844. The van der Waals surface area contributed by atoms with Crippen molar-refractivity contribution in [2.45, 2.75) is 33.7 Å². The van der Waals surface area contributed by atoms with E-state index in [4.69, 9.17) is 5.11 Å². The summed E-state index contributed by atoms with van der Waals surface area (Å²) >= 11 is 0. The van der Waals surface area contributed by atoms with Crippen LogP contribution in [0, 0.1) is 10.8 Å². The van der Waals surface area contributed by atoms with Gasteiger partial charge in [0.2, 0.25) is 0 Å². The number of hydrogen-bond acceptors (Lipinski definition) is 3. The van der Waals surface area contributed by atoms with Crippen molar-refractivity contribution >= 4 is 11.7 Å². The lowest BCUT2D eigenvalue weighted by molar-refractivity contribution is 0.0690. The highest BCUT2D eigenvalue weighted by Crippen LogP contribution is 2.63. The highest BCUT2D eigenvalue weighted by molar-refractivity contribution is 5.85. The smallest absolute Gasteiger partial charge is 0.354 e. The lowest BCUT2D eigenvalue weighted by Crippen LogP contribution is -2.10. The molecule has 0 bridgehead atoms. The maximum atomic E-state index is 10.7. The monoisotopic (exact) mass is 234 g/mol. The van der Waals surface area contributed by atoms with Gasteiger partial charge in [-0.15, -0.1) is 0 Å². The van der Waals surface area contributed by atoms with Gasteiger partial charge in [0.25, 0.3) is 0 Å². The Labute approximate surface area is 101 Å². The van der Waals surface area contributed by atoms with E-state index >= 15 is 0 Å². The molecule has 17 heavy (non-hydrogen) atoms. The number of hydrogen-bond donors (Lipinski definition) is 2. The van der Waals surface area contributed by atoms with Gasteiger partial charge in [0.05, 0.1) is 11.9 Å². The van der Waals surface area contributed by atoms with Gasteiger partial charge in [0, 0.05) is 6.04 Å². The molecule has 0 atom stereocenters. The topological polar surface area (TPSA) is 62.2 Å². The summed E-state index contributed by atoms with van der Waals surface area (Å²) in [6.45, 7) is 8.90. The molecule has 1 fully saturated rings. The van der Waals surface area contributed by atoms with Crippen LogP contribution < -0.4 is 5.32 Å². The van der Waals surface area contributed by atoms with Gasteiger partial charge >= 0.3 is 5.97 Å². The van der Waals surface area contributed by atoms with Crippen LogP contribution in [0.5, 0.6) is 0 Å². The molecule has 4 nitrogen and oxygen atoms in total. The van der Waals surface area contributed by atoms with Crippen molar-refractivity contribution in [1.29, 1.82) is 0 Å². The number of pyridine rings is 1. The average molecular weight is 234 g/mol. The fraction of sp³-hybridized carbons (Fsp3) is 0.538. The van der Waals surface area contributed by atoms with Gasteiger partial charge in [-0.25, -0.2) is 9.78 Å². The number of rotatable bonds is 3. The van der Waals surface area contributed by atoms with E-state index in [0.29, 0.717) is 6.04 Å². The van der Waals surface area contributed by atoms with Gasteiger partial charge < -0.3 is 10.4 Å². The van der Waals surface area contributed by atoms with Crippen LogP contribution in [-0.2, 0) is 0 Å². The summed E-state index contributed by atoms with van der Waals surface area (Å²) in [6.07, 6.45) is 1.58. The zero-order chi connectivity index (χ0) is 12.8. The Morgan fingerprint density at radius 3 is 2.24 bits per heavy atom. The summed E-state index contributed by atoms with van der Waals surface area (Å²) in [7, 11) is 0. The summed E-state index contributed by atoms with van der Waals surface area (Å²) in [6, 6.07) is 3.68. The summed E-state index contributed by atoms with van der Waals surface area (Å²) in [4.78, 5) is 14.6. The molecule has 1 saturated carbocycles. The summed E-state index contributed by atoms with van der Waals surface area (Å²) in [5.41, 5.74) is 1.44. The van der Waals surface area contributed by atoms with Crippen molar-refractivity contribution in [2.24, 2.45) is 10.8 Å². The van der Waals surface area contributed by atoms with E-state index in [2.05, 4.69) is 38.0 Å². The van der Waals surface area contributed by atoms with Gasteiger partial charge in [-0.2, -0.15) is 0 Å². The second-order valence-corrected chi connectivity index (χ2v) is 5.76. The Morgan fingerprint density at radius 1 is 1.29 bits per heavy atom. The summed E-state index contributed by atoms with van der Waals surface area (Å²) < 4.78 is 0. The van der Waals surface area contributed by atoms with E-state index in [9.17, 15) is 4.79 Å². The fourth-order valence-electron chi connectivity index (χ4n) is 2.33. The van der Waals surface area contributed by atoms with E-state index < -0.39 is 5.97 Å². The van der Waals surface area contributed by atoms with E-state index in [-0.39, 0.29) is 16.5 Å². The SMILES string of the molecule is CC1(C)C(Nc2ccc(C(=O)O)nc2)C1(C)C. The molecule has 0 aliphatic heterocycles. The first-order valence-corrected chi connectivity index (χ1v) is 5.72. The largest absolute Gasteiger partial charge is 0.477 e. The van der Waals surface area contributed by atoms with E-state index in [1.54, 1.807) is 12.3 Å². The molecule has 1 aliphatic carbocycles. The Morgan fingerprint density at radius 2 is 1.88 bits per heavy atom. The number of nitrogens with one attached hydrogen (secondary N) is 1. The van der Waals surface area contributed by atoms with Crippen molar-refractivity contribution in [1.82, 2.24) is 4.98 Å². The first-order valence-electron chi connectivity index (χ1n) is 5.72. The molecular weight excluding hydrogens is 216 g/mol. The number of aromatic nitrogens is 1. The second-order valence-electron chi connectivity index (χ2n) is 5.76. The third-order valence-corrected chi connectivity index (χ3v) is 4.31. The number of carboxylic acids is 1. The van der Waals surface area contributed by atoms with Gasteiger partial charge in [-0.1, -0.05) is 27.7 Å². The molecule has 0 unspecified atom stereocenters. The molecule has 1 aromatic heterocycles. The third kappa shape index (κ3) is 1.77. The minimum Gasteiger partial charge on any atom is -0.477 e. The molecule has 0 aromatic carbocycles. The Kier molecular flexibility index (Phi) is 2.42. The van der Waals surface area contributed by atoms with Gasteiger partial charge in [-0.3, -0.25) is 0 Å². The molecule has 4 heteroatoms. The summed E-state index contributed by atoms with van der Waals surface area (Å²) in [5, 5.41) is 12.2. The maximum Gasteiger partial charge on any atom is 0.354 e. The molecule has 1 heterocycles. The Bertz CT molecular complexity index is 435. The zero-order valence-electron chi connectivity index (χ0n) is 10.6. The highest BCUT2D eigenvalue weighted by Gasteiger charge is 2.64. The van der Waals surface area contributed by atoms with Crippen molar-refractivity contribution in [3.63, 3.8) is 0 Å². The minimum atomic E-state index is -0.997. The number of nitrogens with zero attached hydrogens (tertiary/aromatic N) is 1. The molecule has 0 radical (unpaired) electrons. The number of aromatic carboxylic acids is 1. The predicted octanol–water partition coefficient (Wildman–Crippen LogP) is 2.63. The van der Waals surface area contributed by atoms with Crippen molar-refractivity contribution in [3.05, 3.63) is 24.0 Å². The highest BCUT2D eigenvalue weighted by atomic mass is 16.4. The molecule has 1 aliphatic rings. The van der Waals surface area contributed by atoms with Crippen molar-refractivity contribution in [2.75, 3.05) is 5.32 Å². The maximum absolute atomic E-state index is 10.7. The lowest BCUT2D eigenvalue weighted by atomic mass is 10.0. The third-order valence-electron chi connectivity index (χ3n) is 4.31. The zero-order valence-corrected chi connectivity index (χ0v) is 10.6. The molecule has 1 aromatic rings. The number of anilines is 1. The molecule has 2 N–H and O–H groups in total. The molecule has 2 rings (SSSR count). The van der Waals surface area contributed by atoms with Crippen LogP contribution in [0.25, 0.3) is 0 Å². The fourth-order valence-corrected chi connectivity index (χ4v) is 2.33.